The van der Waals surface area contributed by atoms with Crippen molar-refractivity contribution >= 4 is 11.4 Å². The predicted molar refractivity (Wildman–Crippen MR) is 74.2 cm³/mol. The highest BCUT2D eigenvalue weighted by Crippen LogP contribution is 2.25. The Bertz CT molecular complexity index is 734. The normalized spacial score (nSPS) is 16.7. The van der Waals surface area contributed by atoms with Crippen LogP contribution in [0.15, 0.2) is 72.0 Å². The molecule has 0 radical (unpaired) electrons. The molecule has 0 aliphatic heterocycles. The number of allylic oxidation sites excluding steroid dienone is 3. The highest BCUT2D eigenvalue weighted by Gasteiger charge is 2.14. The topological polar surface area (TPSA) is 45.2 Å². The number of fused-ring (bicyclic) bond motifs is 1. The lowest BCUT2D eigenvalue weighted by Crippen LogP contribution is -2.05. The fraction of sp³-hybridized carbons (Fsp3) is 0. The van der Waals surface area contributed by atoms with E-state index >= 15 is 0 Å². The number of H-pyrrole nitrogens is 1. The first-order chi connectivity index (χ1) is 9.34. The second kappa shape index (κ2) is 4.90. The number of benzene rings is 1. The van der Waals surface area contributed by atoms with E-state index in [1.165, 1.54) is 0 Å². The molecule has 0 saturated carbocycles. The molecule has 92 valence electrons. The van der Waals surface area contributed by atoms with Crippen LogP contribution in [-0.2, 0) is 0 Å². The van der Waals surface area contributed by atoms with Gasteiger partial charge in [-0.3, -0.25) is 4.79 Å². The average Bonchev–Trinajstić information content (AvgIpc) is 2.48. The Kier molecular flexibility index (Phi) is 2.94. The summed E-state index contributed by atoms with van der Waals surface area (Å²) in [5, 5.41) is 0. The van der Waals surface area contributed by atoms with Crippen LogP contribution < -0.4 is 5.49 Å². The van der Waals surface area contributed by atoms with Gasteiger partial charge in [0.25, 0.3) is 0 Å². The van der Waals surface area contributed by atoms with Crippen LogP contribution in [-0.4, -0.2) is 10.8 Å². The molecule has 0 amide bonds. The predicted octanol–water partition coefficient (Wildman–Crippen LogP) is 2.71. The minimum atomic E-state index is 0.0408. The Morgan fingerprint density at radius 2 is 1.74 bits per heavy atom. The maximum absolute atomic E-state index is 11.8. The maximum Gasteiger partial charge on any atom is 0.186 e. The largest absolute Gasteiger partial charge is 0.347 e. The van der Waals surface area contributed by atoms with E-state index in [9.17, 15) is 4.79 Å². The quantitative estimate of drug-likeness (QED) is 0.828. The third kappa shape index (κ3) is 2.31. The second-order valence-corrected chi connectivity index (χ2v) is 4.20. The van der Waals surface area contributed by atoms with Crippen LogP contribution in [0.2, 0.25) is 0 Å². The SMILES string of the molecule is O=C1C=CC(=C/N=c2\cccc[nH]2)c2ccccc21. The van der Waals surface area contributed by atoms with Crippen molar-refractivity contribution in [3.05, 3.63) is 83.6 Å². The maximum atomic E-state index is 11.8. The van der Waals surface area contributed by atoms with Gasteiger partial charge in [0.05, 0.1) is 0 Å². The zero-order valence-corrected chi connectivity index (χ0v) is 10.2. The van der Waals surface area contributed by atoms with Crippen molar-refractivity contribution in [1.82, 2.24) is 4.98 Å². The summed E-state index contributed by atoms with van der Waals surface area (Å²) >= 11 is 0. The molecule has 1 aliphatic rings. The summed E-state index contributed by atoms with van der Waals surface area (Å²) in [6, 6.07) is 13.3. The monoisotopic (exact) mass is 248 g/mol. The van der Waals surface area contributed by atoms with Crippen LogP contribution in [0.5, 0.6) is 0 Å². The Morgan fingerprint density at radius 1 is 0.947 bits per heavy atom. The van der Waals surface area contributed by atoms with Crippen molar-refractivity contribution in [2.45, 2.75) is 0 Å². The van der Waals surface area contributed by atoms with Crippen molar-refractivity contribution in [2.75, 3.05) is 0 Å². The molecular weight excluding hydrogens is 236 g/mol. The molecule has 0 atom stereocenters. The third-order valence-electron chi connectivity index (χ3n) is 2.95. The molecular formula is C16H12N2O. The van der Waals surface area contributed by atoms with E-state index < -0.39 is 0 Å². The second-order valence-electron chi connectivity index (χ2n) is 4.20. The molecule has 1 heterocycles. The molecule has 0 bridgehead atoms. The van der Waals surface area contributed by atoms with Gasteiger partial charge in [0, 0.05) is 23.5 Å². The molecule has 0 unspecified atom stereocenters. The Hall–Kier alpha value is -2.68. The van der Waals surface area contributed by atoms with Gasteiger partial charge in [-0.15, -0.1) is 0 Å². The zero-order chi connectivity index (χ0) is 13.1. The molecule has 3 heteroatoms. The number of aromatic nitrogens is 1. The van der Waals surface area contributed by atoms with E-state index in [1.54, 1.807) is 18.4 Å². The minimum Gasteiger partial charge on any atom is -0.347 e. The van der Waals surface area contributed by atoms with Crippen molar-refractivity contribution in [2.24, 2.45) is 4.99 Å². The molecule has 19 heavy (non-hydrogen) atoms. The van der Waals surface area contributed by atoms with E-state index in [2.05, 4.69) is 9.98 Å². The summed E-state index contributed by atoms with van der Waals surface area (Å²) in [6.45, 7) is 0. The van der Waals surface area contributed by atoms with Gasteiger partial charge in [-0.25, -0.2) is 4.99 Å². The summed E-state index contributed by atoms with van der Waals surface area (Å²) in [6.07, 6.45) is 6.98. The number of hydrogen-bond acceptors (Lipinski definition) is 2. The van der Waals surface area contributed by atoms with Crippen molar-refractivity contribution < 1.29 is 4.79 Å². The van der Waals surface area contributed by atoms with Crippen molar-refractivity contribution in [1.29, 1.82) is 0 Å². The van der Waals surface area contributed by atoms with Crippen LogP contribution in [0.4, 0.5) is 0 Å². The number of nitrogens with one attached hydrogen (secondary N) is 1. The van der Waals surface area contributed by atoms with E-state index in [1.807, 2.05) is 48.7 Å². The number of nitrogens with zero attached hydrogens (tertiary/aromatic N) is 1. The van der Waals surface area contributed by atoms with Gasteiger partial charge in [-0.2, -0.15) is 0 Å². The van der Waals surface area contributed by atoms with Gasteiger partial charge in [-0.05, 0) is 29.8 Å². The molecule has 1 N–H and O–H groups in total. The highest BCUT2D eigenvalue weighted by molar-refractivity contribution is 6.12. The highest BCUT2D eigenvalue weighted by atomic mass is 16.1. The van der Waals surface area contributed by atoms with Crippen LogP contribution in [0.25, 0.3) is 5.57 Å². The summed E-state index contributed by atoms with van der Waals surface area (Å²) < 4.78 is 0. The molecule has 2 aromatic rings. The molecule has 1 aromatic carbocycles. The first kappa shape index (κ1) is 11.4. The number of carbonyl (C=O) groups excluding carboxylic acids is 1. The van der Waals surface area contributed by atoms with Crippen LogP contribution >= 0.6 is 0 Å². The van der Waals surface area contributed by atoms with Crippen molar-refractivity contribution in [3.63, 3.8) is 0 Å². The van der Waals surface area contributed by atoms with E-state index in [4.69, 9.17) is 0 Å². The summed E-state index contributed by atoms with van der Waals surface area (Å²) in [5.74, 6) is 0.0408. The van der Waals surface area contributed by atoms with Gasteiger partial charge < -0.3 is 4.98 Å². The van der Waals surface area contributed by atoms with Gasteiger partial charge in [0.2, 0.25) is 0 Å². The number of aromatic amines is 1. The lowest BCUT2D eigenvalue weighted by Gasteiger charge is -2.11. The minimum absolute atomic E-state index is 0.0408. The summed E-state index contributed by atoms with van der Waals surface area (Å²) in [7, 11) is 0. The fourth-order valence-corrected chi connectivity index (χ4v) is 2.01. The third-order valence-corrected chi connectivity index (χ3v) is 2.95. The molecule has 0 saturated heterocycles. The lowest BCUT2D eigenvalue weighted by molar-refractivity contribution is 0.104. The van der Waals surface area contributed by atoms with Crippen LogP contribution in [0, 0.1) is 0 Å². The lowest BCUT2D eigenvalue weighted by atomic mass is 9.92. The van der Waals surface area contributed by atoms with Gasteiger partial charge >= 0.3 is 0 Å². The average molecular weight is 248 g/mol. The van der Waals surface area contributed by atoms with Crippen LogP contribution in [0.1, 0.15) is 15.9 Å². The zero-order valence-electron chi connectivity index (χ0n) is 10.2. The Morgan fingerprint density at radius 3 is 2.53 bits per heavy atom. The number of hydrogen-bond donors (Lipinski definition) is 1. The summed E-state index contributed by atoms with van der Waals surface area (Å²) in [4.78, 5) is 19.2. The number of carbonyl (C=O) groups is 1. The molecule has 0 spiro atoms. The standard InChI is InChI=1S/C16H12N2O/c19-15-9-8-12(13-5-1-2-6-14(13)15)11-18-16-7-3-4-10-17-16/h1-11H,(H,17,18). The van der Waals surface area contributed by atoms with Gasteiger partial charge in [-0.1, -0.05) is 30.3 Å². The Balaban J connectivity index is 2.08. The molecule has 0 fully saturated rings. The van der Waals surface area contributed by atoms with E-state index in [0.29, 0.717) is 0 Å². The number of pyridine rings is 1. The van der Waals surface area contributed by atoms with E-state index in [0.717, 1.165) is 22.2 Å². The first-order valence-electron chi connectivity index (χ1n) is 6.04. The van der Waals surface area contributed by atoms with Gasteiger partial charge in [0.1, 0.15) is 5.49 Å². The molecule has 3 rings (SSSR count). The summed E-state index contributed by atoms with van der Waals surface area (Å²) in [5.41, 5.74) is 3.36. The fourth-order valence-electron chi connectivity index (χ4n) is 2.01. The number of ketones is 1. The van der Waals surface area contributed by atoms with Crippen LogP contribution in [0.3, 0.4) is 0 Å². The smallest absolute Gasteiger partial charge is 0.186 e. The van der Waals surface area contributed by atoms with Gasteiger partial charge in [0.15, 0.2) is 5.78 Å². The molecule has 3 nitrogen and oxygen atoms in total. The van der Waals surface area contributed by atoms with Crippen molar-refractivity contribution in [3.8, 4) is 0 Å². The Labute approximate surface area is 110 Å². The van der Waals surface area contributed by atoms with E-state index in [-0.39, 0.29) is 5.78 Å². The first-order valence-corrected chi connectivity index (χ1v) is 6.04. The molecule has 1 aliphatic carbocycles. The number of rotatable bonds is 1. The molecule has 1 aromatic heterocycles.